The predicted molar refractivity (Wildman–Crippen MR) is 68.4 cm³/mol. The van der Waals surface area contributed by atoms with Gasteiger partial charge in [0, 0.05) is 23.7 Å². The molecule has 0 bridgehead atoms. The minimum absolute atomic E-state index is 0.468. The van der Waals surface area contributed by atoms with E-state index in [1.165, 1.54) is 11.3 Å². The zero-order chi connectivity index (χ0) is 12.0. The van der Waals surface area contributed by atoms with Crippen LogP contribution in [-0.4, -0.2) is 16.7 Å². The average Bonchev–Trinajstić information content (AvgIpc) is 2.66. The zero-order valence-corrected chi connectivity index (χ0v) is 10.6. The van der Waals surface area contributed by atoms with E-state index >= 15 is 0 Å². The number of allylic oxidation sites excluding steroid dienone is 1. The lowest BCUT2D eigenvalue weighted by Crippen LogP contribution is -2.19. The predicted octanol–water partition coefficient (Wildman–Crippen LogP) is 2.83. The molecule has 0 amide bonds. The summed E-state index contributed by atoms with van der Waals surface area (Å²) in [5, 5.41) is 10.7. The summed E-state index contributed by atoms with van der Waals surface area (Å²) in [6.07, 6.45) is 4.86. The highest BCUT2D eigenvalue weighted by Gasteiger charge is 2.11. The maximum atomic E-state index is 4.12. The highest BCUT2D eigenvalue weighted by molar-refractivity contribution is 5.20. The molecule has 1 aromatic rings. The molecule has 0 aromatic carbocycles. The van der Waals surface area contributed by atoms with Gasteiger partial charge in [0.05, 0.1) is 6.20 Å². The van der Waals surface area contributed by atoms with E-state index < -0.39 is 0 Å². The van der Waals surface area contributed by atoms with Crippen LogP contribution < -0.4 is 5.32 Å². The first-order valence-electron chi connectivity index (χ1n) is 5.98. The molecule has 1 rings (SSSR count). The first-order chi connectivity index (χ1) is 7.65. The molecule has 0 aliphatic heterocycles. The van der Waals surface area contributed by atoms with Crippen LogP contribution in [0.15, 0.2) is 18.9 Å². The van der Waals surface area contributed by atoms with Crippen molar-refractivity contribution in [3.8, 4) is 0 Å². The third-order valence-corrected chi connectivity index (χ3v) is 2.63. The Bertz CT molecular complexity index is 315. The number of hydrogen-bond acceptors (Lipinski definition) is 2. The quantitative estimate of drug-likeness (QED) is 0.695. The van der Waals surface area contributed by atoms with Crippen molar-refractivity contribution in [1.29, 1.82) is 0 Å². The van der Waals surface area contributed by atoms with Crippen molar-refractivity contribution in [1.82, 2.24) is 15.5 Å². The Morgan fingerprint density at radius 3 is 2.88 bits per heavy atom. The van der Waals surface area contributed by atoms with E-state index in [0.717, 1.165) is 19.5 Å². The van der Waals surface area contributed by atoms with Gasteiger partial charge in [-0.15, -0.1) is 6.58 Å². The molecular formula is C13H23N3. The third-order valence-electron chi connectivity index (χ3n) is 2.63. The van der Waals surface area contributed by atoms with Gasteiger partial charge in [0.2, 0.25) is 0 Å². The summed E-state index contributed by atoms with van der Waals surface area (Å²) in [6.45, 7) is 12.3. The number of H-pyrrole nitrogens is 1. The topological polar surface area (TPSA) is 40.7 Å². The van der Waals surface area contributed by atoms with Crippen molar-refractivity contribution in [3.05, 3.63) is 30.1 Å². The summed E-state index contributed by atoms with van der Waals surface area (Å²) in [5.74, 6) is 1.15. The molecule has 0 radical (unpaired) electrons. The molecule has 1 aromatic heterocycles. The first-order valence-corrected chi connectivity index (χ1v) is 5.98. The Balaban J connectivity index is 2.53. The summed E-state index contributed by atoms with van der Waals surface area (Å²) in [6, 6.07) is 0. The summed E-state index contributed by atoms with van der Waals surface area (Å²) in [7, 11) is 0. The monoisotopic (exact) mass is 221 g/mol. The molecule has 3 nitrogen and oxygen atoms in total. The van der Waals surface area contributed by atoms with Gasteiger partial charge < -0.3 is 5.32 Å². The van der Waals surface area contributed by atoms with Crippen LogP contribution in [0.25, 0.3) is 0 Å². The second-order valence-corrected chi connectivity index (χ2v) is 4.76. The molecule has 2 N–H and O–H groups in total. The lowest BCUT2D eigenvalue weighted by atomic mass is 10.0. The SMILES string of the molecule is C=CCC(C)c1[nH]ncc1CNCC(C)C. The van der Waals surface area contributed by atoms with Gasteiger partial charge in [-0.1, -0.05) is 26.8 Å². The van der Waals surface area contributed by atoms with Crippen LogP contribution in [0.2, 0.25) is 0 Å². The van der Waals surface area contributed by atoms with Gasteiger partial charge in [-0.05, 0) is 18.9 Å². The van der Waals surface area contributed by atoms with Crippen molar-refractivity contribution >= 4 is 0 Å². The number of aromatic nitrogens is 2. The van der Waals surface area contributed by atoms with Crippen LogP contribution in [0.5, 0.6) is 0 Å². The number of aromatic amines is 1. The average molecular weight is 221 g/mol. The van der Waals surface area contributed by atoms with E-state index in [9.17, 15) is 0 Å². The van der Waals surface area contributed by atoms with E-state index in [2.05, 4.69) is 42.9 Å². The van der Waals surface area contributed by atoms with E-state index in [-0.39, 0.29) is 0 Å². The van der Waals surface area contributed by atoms with Gasteiger partial charge in [0.15, 0.2) is 0 Å². The number of rotatable bonds is 7. The number of nitrogens with one attached hydrogen (secondary N) is 2. The molecule has 16 heavy (non-hydrogen) atoms. The molecule has 0 aliphatic rings. The molecule has 0 saturated heterocycles. The molecule has 1 unspecified atom stereocenters. The normalized spacial score (nSPS) is 13.0. The van der Waals surface area contributed by atoms with Gasteiger partial charge in [-0.25, -0.2) is 0 Å². The van der Waals surface area contributed by atoms with Crippen molar-refractivity contribution < 1.29 is 0 Å². The summed E-state index contributed by atoms with van der Waals surface area (Å²) in [4.78, 5) is 0. The van der Waals surface area contributed by atoms with Crippen LogP contribution in [0.1, 0.15) is 44.4 Å². The van der Waals surface area contributed by atoms with Crippen LogP contribution in [-0.2, 0) is 6.54 Å². The highest BCUT2D eigenvalue weighted by atomic mass is 15.1. The van der Waals surface area contributed by atoms with Gasteiger partial charge >= 0.3 is 0 Å². The maximum absolute atomic E-state index is 4.12. The third kappa shape index (κ3) is 3.81. The Morgan fingerprint density at radius 2 is 2.25 bits per heavy atom. The Hall–Kier alpha value is -1.09. The number of nitrogens with zero attached hydrogens (tertiary/aromatic N) is 1. The van der Waals surface area contributed by atoms with E-state index in [1.54, 1.807) is 0 Å². The van der Waals surface area contributed by atoms with Crippen LogP contribution >= 0.6 is 0 Å². The van der Waals surface area contributed by atoms with Crippen molar-refractivity contribution in [2.75, 3.05) is 6.54 Å². The molecule has 3 heteroatoms. The largest absolute Gasteiger partial charge is 0.312 e. The second kappa shape index (κ2) is 6.48. The smallest absolute Gasteiger partial charge is 0.0535 e. The van der Waals surface area contributed by atoms with Gasteiger partial charge in [0.1, 0.15) is 0 Å². The molecule has 1 heterocycles. The Labute approximate surface area is 98.3 Å². The van der Waals surface area contributed by atoms with E-state index in [1.807, 2.05) is 12.3 Å². The van der Waals surface area contributed by atoms with Crippen molar-refractivity contribution in [2.45, 2.75) is 39.7 Å². The van der Waals surface area contributed by atoms with E-state index in [0.29, 0.717) is 11.8 Å². The fourth-order valence-electron chi connectivity index (χ4n) is 1.75. The van der Waals surface area contributed by atoms with Crippen LogP contribution in [0, 0.1) is 5.92 Å². The summed E-state index contributed by atoms with van der Waals surface area (Å²) in [5.41, 5.74) is 2.51. The molecule has 0 fully saturated rings. The van der Waals surface area contributed by atoms with E-state index in [4.69, 9.17) is 0 Å². The van der Waals surface area contributed by atoms with Crippen molar-refractivity contribution in [2.24, 2.45) is 5.92 Å². The van der Waals surface area contributed by atoms with Gasteiger partial charge in [0.25, 0.3) is 0 Å². The molecule has 0 spiro atoms. The molecule has 1 atom stereocenters. The highest BCUT2D eigenvalue weighted by Crippen LogP contribution is 2.20. The fourth-order valence-corrected chi connectivity index (χ4v) is 1.75. The lowest BCUT2D eigenvalue weighted by molar-refractivity contribution is 0.549. The van der Waals surface area contributed by atoms with Crippen molar-refractivity contribution in [3.63, 3.8) is 0 Å². The Morgan fingerprint density at radius 1 is 1.50 bits per heavy atom. The second-order valence-electron chi connectivity index (χ2n) is 4.76. The minimum atomic E-state index is 0.468. The summed E-state index contributed by atoms with van der Waals surface area (Å²) >= 11 is 0. The molecule has 0 saturated carbocycles. The molecule has 0 aliphatic carbocycles. The number of hydrogen-bond donors (Lipinski definition) is 2. The lowest BCUT2D eigenvalue weighted by Gasteiger charge is -2.11. The van der Waals surface area contributed by atoms with Crippen LogP contribution in [0.3, 0.4) is 0 Å². The first kappa shape index (κ1) is 13.0. The standard InChI is InChI=1S/C13H23N3/c1-5-6-11(4)13-12(9-15-16-13)8-14-7-10(2)3/h5,9-11,14H,1,6-8H2,2-4H3,(H,15,16). The minimum Gasteiger partial charge on any atom is -0.312 e. The van der Waals surface area contributed by atoms with Crippen LogP contribution in [0.4, 0.5) is 0 Å². The van der Waals surface area contributed by atoms with Gasteiger partial charge in [-0.3, -0.25) is 5.10 Å². The molecular weight excluding hydrogens is 198 g/mol. The van der Waals surface area contributed by atoms with Gasteiger partial charge in [-0.2, -0.15) is 5.10 Å². The Kier molecular flexibility index (Phi) is 5.26. The summed E-state index contributed by atoms with van der Waals surface area (Å²) < 4.78 is 0. The fraction of sp³-hybridized carbons (Fsp3) is 0.615. The molecule has 90 valence electrons. The zero-order valence-electron chi connectivity index (χ0n) is 10.6. The maximum Gasteiger partial charge on any atom is 0.0535 e.